The standard InChI is InChI=1S/C24H21F3N2O2/c1-4-31-19-8-6-18(7-9-19)29-14(2)11-16(15(29)3)12-21-20-10-5-17(24(25,26)27)13-22(20)28-23(21)30/h5-13H,4H2,1-3H3,(H,28,30)/b21-12+. The monoisotopic (exact) mass is 426 g/mol. The second kappa shape index (κ2) is 7.65. The number of ether oxygens (including phenoxy) is 1. The molecule has 0 fully saturated rings. The number of carbonyl (C=O) groups is 1. The molecule has 31 heavy (non-hydrogen) atoms. The van der Waals surface area contributed by atoms with E-state index in [1.54, 1.807) is 6.08 Å². The molecule has 0 spiro atoms. The number of nitrogens with one attached hydrogen (secondary N) is 1. The number of alkyl halides is 3. The first-order valence-electron chi connectivity index (χ1n) is 9.86. The third-order valence-electron chi connectivity index (χ3n) is 5.31. The number of nitrogens with zero attached hydrogens (tertiary/aromatic N) is 1. The Morgan fingerprint density at radius 1 is 1.06 bits per heavy atom. The number of hydrogen-bond acceptors (Lipinski definition) is 2. The fraction of sp³-hybridized carbons (Fsp3) is 0.208. The summed E-state index contributed by atoms with van der Waals surface area (Å²) in [5, 5.41) is 2.54. The van der Waals surface area contributed by atoms with E-state index in [9.17, 15) is 18.0 Å². The molecule has 4 nitrogen and oxygen atoms in total. The number of halogens is 3. The van der Waals surface area contributed by atoms with Crippen LogP contribution in [0.25, 0.3) is 17.3 Å². The molecule has 1 amide bonds. The highest BCUT2D eigenvalue weighted by Crippen LogP contribution is 2.39. The molecule has 0 saturated heterocycles. The summed E-state index contributed by atoms with van der Waals surface area (Å²) in [6, 6.07) is 13.0. The van der Waals surface area contributed by atoms with Crippen LogP contribution in [0.5, 0.6) is 5.75 Å². The van der Waals surface area contributed by atoms with Crippen LogP contribution in [-0.4, -0.2) is 17.1 Å². The molecule has 0 aliphatic carbocycles. The fourth-order valence-electron chi connectivity index (χ4n) is 3.86. The number of fused-ring (bicyclic) bond motifs is 1. The zero-order chi connectivity index (χ0) is 22.3. The number of amides is 1. The molecule has 3 aromatic rings. The van der Waals surface area contributed by atoms with E-state index in [0.29, 0.717) is 17.7 Å². The summed E-state index contributed by atoms with van der Waals surface area (Å²) in [5.74, 6) is 0.369. The first kappa shape index (κ1) is 20.8. The van der Waals surface area contributed by atoms with Crippen molar-refractivity contribution in [1.82, 2.24) is 4.57 Å². The second-order valence-corrected chi connectivity index (χ2v) is 7.36. The van der Waals surface area contributed by atoms with Gasteiger partial charge in [0.25, 0.3) is 5.91 Å². The SMILES string of the molecule is CCOc1ccc(-n2c(C)cc(/C=C3/C(=O)Nc4cc(C(F)(F)F)ccc43)c2C)cc1. The second-order valence-electron chi connectivity index (χ2n) is 7.36. The van der Waals surface area contributed by atoms with E-state index in [-0.39, 0.29) is 5.69 Å². The van der Waals surface area contributed by atoms with Crippen LogP contribution in [0.3, 0.4) is 0 Å². The van der Waals surface area contributed by atoms with Gasteiger partial charge in [0.2, 0.25) is 0 Å². The first-order chi connectivity index (χ1) is 14.7. The van der Waals surface area contributed by atoms with Gasteiger partial charge in [-0.3, -0.25) is 4.79 Å². The highest BCUT2D eigenvalue weighted by atomic mass is 19.4. The molecule has 0 atom stereocenters. The lowest BCUT2D eigenvalue weighted by atomic mass is 10.0. The van der Waals surface area contributed by atoms with Gasteiger partial charge in [-0.15, -0.1) is 0 Å². The molecule has 4 rings (SSSR count). The van der Waals surface area contributed by atoms with Gasteiger partial charge in [0.15, 0.2) is 0 Å². The quantitative estimate of drug-likeness (QED) is 0.520. The van der Waals surface area contributed by atoms with Gasteiger partial charge >= 0.3 is 6.18 Å². The number of anilines is 1. The summed E-state index contributed by atoms with van der Waals surface area (Å²) < 4.78 is 46.5. The van der Waals surface area contributed by atoms with Crippen molar-refractivity contribution >= 4 is 23.2 Å². The molecule has 2 heterocycles. The summed E-state index contributed by atoms with van der Waals surface area (Å²) >= 11 is 0. The van der Waals surface area contributed by atoms with Crippen molar-refractivity contribution in [3.63, 3.8) is 0 Å². The molecular formula is C24H21F3N2O2. The van der Waals surface area contributed by atoms with E-state index in [1.807, 2.05) is 51.1 Å². The Morgan fingerprint density at radius 3 is 2.42 bits per heavy atom. The number of carbonyl (C=O) groups excluding carboxylic acids is 1. The smallest absolute Gasteiger partial charge is 0.416 e. The van der Waals surface area contributed by atoms with Crippen molar-refractivity contribution in [2.45, 2.75) is 26.9 Å². The maximum absolute atomic E-state index is 13.0. The molecule has 1 N–H and O–H groups in total. The number of benzene rings is 2. The topological polar surface area (TPSA) is 43.3 Å². The van der Waals surface area contributed by atoms with Crippen LogP contribution in [0.1, 0.15) is 35.0 Å². The molecule has 1 aromatic heterocycles. The van der Waals surface area contributed by atoms with Gasteiger partial charge in [-0.2, -0.15) is 13.2 Å². The van der Waals surface area contributed by atoms with Crippen LogP contribution in [-0.2, 0) is 11.0 Å². The van der Waals surface area contributed by atoms with Crippen molar-refractivity contribution in [2.75, 3.05) is 11.9 Å². The van der Waals surface area contributed by atoms with Gasteiger partial charge in [-0.25, -0.2) is 0 Å². The summed E-state index contributed by atoms with van der Waals surface area (Å²) in [4.78, 5) is 12.5. The van der Waals surface area contributed by atoms with Crippen LogP contribution in [0.2, 0.25) is 0 Å². The Labute approximate surface area is 178 Å². The zero-order valence-electron chi connectivity index (χ0n) is 17.3. The first-order valence-corrected chi connectivity index (χ1v) is 9.86. The van der Waals surface area contributed by atoms with Crippen molar-refractivity contribution in [3.05, 3.63) is 76.6 Å². The minimum Gasteiger partial charge on any atom is -0.494 e. The molecule has 1 aliphatic heterocycles. The molecular weight excluding hydrogens is 405 g/mol. The number of aromatic nitrogens is 1. The van der Waals surface area contributed by atoms with E-state index < -0.39 is 17.6 Å². The number of hydrogen-bond donors (Lipinski definition) is 1. The maximum atomic E-state index is 13.0. The zero-order valence-corrected chi connectivity index (χ0v) is 17.3. The molecule has 160 valence electrons. The van der Waals surface area contributed by atoms with Gasteiger partial charge in [-0.1, -0.05) is 6.07 Å². The Morgan fingerprint density at radius 2 is 1.77 bits per heavy atom. The largest absolute Gasteiger partial charge is 0.494 e. The summed E-state index contributed by atoms with van der Waals surface area (Å²) in [5.41, 5.74) is 3.85. The van der Waals surface area contributed by atoms with Crippen LogP contribution in [0, 0.1) is 13.8 Å². The predicted octanol–water partition coefficient (Wildman–Crippen LogP) is 6.00. The normalized spacial score (nSPS) is 14.6. The minimum absolute atomic E-state index is 0.173. The number of rotatable bonds is 4. The van der Waals surface area contributed by atoms with E-state index in [1.165, 1.54) is 6.07 Å². The summed E-state index contributed by atoms with van der Waals surface area (Å²) in [6.07, 6.45) is -2.74. The van der Waals surface area contributed by atoms with E-state index >= 15 is 0 Å². The molecule has 0 radical (unpaired) electrons. The number of aryl methyl sites for hydroxylation is 1. The van der Waals surface area contributed by atoms with Gasteiger partial charge in [0, 0.05) is 33.9 Å². The molecule has 1 aliphatic rings. The van der Waals surface area contributed by atoms with E-state index in [2.05, 4.69) is 9.88 Å². The predicted molar refractivity (Wildman–Crippen MR) is 114 cm³/mol. The Hall–Kier alpha value is -3.48. The van der Waals surface area contributed by atoms with Gasteiger partial charge in [-0.05, 0) is 74.9 Å². The van der Waals surface area contributed by atoms with Crippen molar-refractivity contribution < 1.29 is 22.7 Å². The van der Waals surface area contributed by atoms with Crippen molar-refractivity contribution in [3.8, 4) is 11.4 Å². The van der Waals surface area contributed by atoms with Gasteiger partial charge < -0.3 is 14.6 Å². The van der Waals surface area contributed by atoms with Crippen molar-refractivity contribution in [2.24, 2.45) is 0 Å². The fourth-order valence-corrected chi connectivity index (χ4v) is 3.86. The molecule has 0 unspecified atom stereocenters. The Bertz CT molecular complexity index is 1190. The summed E-state index contributed by atoms with van der Waals surface area (Å²) in [7, 11) is 0. The Balaban J connectivity index is 1.72. The minimum atomic E-state index is -4.46. The summed E-state index contributed by atoms with van der Waals surface area (Å²) in [6.45, 7) is 6.42. The van der Waals surface area contributed by atoms with E-state index in [0.717, 1.165) is 40.5 Å². The lowest BCUT2D eigenvalue weighted by Crippen LogP contribution is -2.06. The molecule has 0 saturated carbocycles. The van der Waals surface area contributed by atoms with Gasteiger partial charge in [0.1, 0.15) is 5.75 Å². The van der Waals surface area contributed by atoms with Crippen LogP contribution >= 0.6 is 0 Å². The average molecular weight is 426 g/mol. The third-order valence-corrected chi connectivity index (χ3v) is 5.31. The highest BCUT2D eigenvalue weighted by Gasteiger charge is 2.33. The molecule has 2 aromatic carbocycles. The molecule has 7 heteroatoms. The maximum Gasteiger partial charge on any atom is 0.416 e. The Kier molecular flexibility index (Phi) is 5.13. The van der Waals surface area contributed by atoms with Gasteiger partial charge in [0.05, 0.1) is 12.2 Å². The lowest BCUT2D eigenvalue weighted by molar-refractivity contribution is -0.137. The highest BCUT2D eigenvalue weighted by molar-refractivity contribution is 6.35. The van der Waals surface area contributed by atoms with Crippen LogP contribution < -0.4 is 10.1 Å². The van der Waals surface area contributed by atoms with Crippen molar-refractivity contribution in [1.29, 1.82) is 0 Å². The molecule has 0 bridgehead atoms. The third kappa shape index (κ3) is 3.83. The van der Waals surface area contributed by atoms with E-state index in [4.69, 9.17) is 4.74 Å². The lowest BCUT2D eigenvalue weighted by Gasteiger charge is -2.11. The van der Waals surface area contributed by atoms with Crippen LogP contribution in [0.4, 0.5) is 18.9 Å². The average Bonchev–Trinajstić information content (AvgIpc) is 3.17. The van der Waals surface area contributed by atoms with Crippen LogP contribution in [0.15, 0.2) is 48.5 Å².